The maximum absolute atomic E-state index is 13.7. The Bertz CT molecular complexity index is 865. The van der Waals surface area contributed by atoms with Crippen molar-refractivity contribution in [2.45, 2.75) is 37.5 Å². The van der Waals surface area contributed by atoms with Crippen molar-refractivity contribution in [2.24, 2.45) is 0 Å². The van der Waals surface area contributed by atoms with Crippen molar-refractivity contribution >= 4 is 5.91 Å². The van der Waals surface area contributed by atoms with Gasteiger partial charge in [-0.2, -0.15) is 13.2 Å². The molecular weight excluding hydrogens is 366 g/mol. The highest BCUT2D eigenvalue weighted by Gasteiger charge is 2.43. The van der Waals surface area contributed by atoms with Crippen LogP contribution >= 0.6 is 0 Å². The van der Waals surface area contributed by atoms with E-state index < -0.39 is 29.3 Å². The van der Waals surface area contributed by atoms with Gasteiger partial charge in [-0.15, -0.1) is 5.10 Å². The molecule has 3 heterocycles. The fourth-order valence-electron chi connectivity index (χ4n) is 3.75. The lowest BCUT2D eigenvalue weighted by atomic mass is 10.1. The van der Waals surface area contributed by atoms with E-state index in [2.05, 4.69) is 15.6 Å². The third kappa shape index (κ3) is 3.41. The maximum atomic E-state index is 13.7. The van der Waals surface area contributed by atoms with Crippen LogP contribution < -0.4 is 5.32 Å². The number of likely N-dealkylation sites (tertiary alicyclic amines) is 1. The highest BCUT2D eigenvalue weighted by molar-refractivity contribution is 5.93. The number of benzene rings is 1. The Kier molecular flexibility index (Phi) is 4.37. The first-order chi connectivity index (χ1) is 12.8. The number of hydrogen-bond donors (Lipinski definition) is 1. The van der Waals surface area contributed by atoms with Crippen LogP contribution in [-0.2, 0) is 6.18 Å². The molecule has 2 saturated heterocycles. The Morgan fingerprint density at radius 2 is 1.96 bits per heavy atom. The zero-order valence-corrected chi connectivity index (χ0v) is 14.2. The number of halogens is 4. The highest BCUT2D eigenvalue weighted by Crippen LogP contribution is 2.33. The molecule has 1 N–H and O–H groups in total. The van der Waals surface area contributed by atoms with Crippen LogP contribution in [0.5, 0.6) is 0 Å². The highest BCUT2D eigenvalue weighted by atomic mass is 19.4. The van der Waals surface area contributed by atoms with Crippen molar-refractivity contribution in [2.75, 3.05) is 13.1 Å². The Balaban J connectivity index is 1.71. The Hall–Kier alpha value is -2.49. The molecule has 10 heteroatoms. The van der Waals surface area contributed by atoms with Crippen molar-refractivity contribution in [3.05, 3.63) is 41.5 Å². The topological polar surface area (TPSA) is 63.1 Å². The predicted molar refractivity (Wildman–Crippen MR) is 86.8 cm³/mol. The number of nitrogens with zero attached hydrogens (tertiary/aromatic N) is 4. The van der Waals surface area contributed by atoms with Gasteiger partial charge in [0.2, 0.25) is 0 Å². The van der Waals surface area contributed by atoms with E-state index in [-0.39, 0.29) is 17.8 Å². The first-order valence-electron chi connectivity index (χ1n) is 8.67. The first-order valence-corrected chi connectivity index (χ1v) is 8.67. The summed E-state index contributed by atoms with van der Waals surface area (Å²) in [5.41, 5.74) is -2.20. The number of aromatic nitrogens is 3. The zero-order chi connectivity index (χ0) is 19.2. The molecule has 2 unspecified atom stereocenters. The molecule has 4 rings (SSSR count). The van der Waals surface area contributed by atoms with Crippen LogP contribution in [0.4, 0.5) is 17.6 Å². The Morgan fingerprint density at radius 1 is 1.19 bits per heavy atom. The molecule has 1 aromatic carbocycles. The monoisotopic (exact) mass is 383 g/mol. The molecule has 1 aromatic heterocycles. The minimum Gasteiger partial charge on any atom is -0.336 e. The summed E-state index contributed by atoms with van der Waals surface area (Å²) in [7, 11) is 0. The van der Waals surface area contributed by atoms with Gasteiger partial charge < -0.3 is 10.2 Å². The van der Waals surface area contributed by atoms with Gasteiger partial charge in [-0.3, -0.25) is 4.79 Å². The molecule has 0 spiro atoms. The lowest BCUT2D eigenvalue weighted by Gasteiger charge is -2.24. The second-order valence-electron chi connectivity index (χ2n) is 6.85. The number of hydrogen-bond acceptors (Lipinski definition) is 4. The lowest BCUT2D eigenvalue weighted by Crippen LogP contribution is -2.40. The number of alkyl halides is 3. The summed E-state index contributed by atoms with van der Waals surface area (Å²) in [6.45, 7) is 0.691. The first kappa shape index (κ1) is 17.9. The van der Waals surface area contributed by atoms with E-state index in [9.17, 15) is 22.4 Å². The van der Waals surface area contributed by atoms with E-state index in [4.69, 9.17) is 0 Å². The number of nitrogens with one attached hydrogen (secondary N) is 1. The van der Waals surface area contributed by atoms with Gasteiger partial charge in [0.25, 0.3) is 5.91 Å². The quantitative estimate of drug-likeness (QED) is 0.809. The van der Waals surface area contributed by atoms with Gasteiger partial charge in [-0.1, -0.05) is 11.3 Å². The molecule has 2 aliphatic heterocycles. The predicted octanol–water partition coefficient (Wildman–Crippen LogP) is 2.39. The van der Waals surface area contributed by atoms with E-state index in [1.807, 2.05) is 0 Å². The maximum Gasteiger partial charge on any atom is 0.435 e. The number of carbonyl (C=O) groups is 1. The van der Waals surface area contributed by atoms with Crippen LogP contribution in [-0.4, -0.2) is 51.0 Å². The summed E-state index contributed by atoms with van der Waals surface area (Å²) in [5.74, 6) is -1.52. The van der Waals surface area contributed by atoms with Crippen molar-refractivity contribution < 1.29 is 22.4 Å². The van der Waals surface area contributed by atoms with E-state index in [1.54, 1.807) is 0 Å². The standard InChI is InChI=1S/C17H17F4N5O/c18-10-2-1-3-13(8-10)26-15(17(19,20)21)14(23-24-26)16(27)25-7-6-11-4-5-12(9-25)22-11/h1-3,8,11-12,22H,4-7,9H2. The molecule has 0 saturated carbocycles. The minimum atomic E-state index is -4.87. The number of carbonyl (C=O) groups excluding carboxylic acids is 1. The number of rotatable bonds is 2. The molecule has 2 atom stereocenters. The van der Waals surface area contributed by atoms with Crippen LogP contribution in [0.3, 0.4) is 0 Å². The SMILES string of the molecule is O=C(c1nnn(-c2cccc(F)c2)c1C(F)(F)F)N1CCC2CCC(C1)N2. The average Bonchev–Trinajstić information content (AvgIpc) is 3.17. The van der Waals surface area contributed by atoms with Gasteiger partial charge >= 0.3 is 6.18 Å². The van der Waals surface area contributed by atoms with E-state index in [1.165, 1.54) is 17.0 Å². The second-order valence-corrected chi connectivity index (χ2v) is 6.85. The molecule has 27 heavy (non-hydrogen) atoms. The normalized spacial score (nSPS) is 22.7. The molecule has 0 radical (unpaired) electrons. The van der Waals surface area contributed by atoms with E-state index in [0.717, 1.165) is 25.0 Å². The summed E-state index contributed by atoms with van der Waals surface area (Å²) < 4.78 is 55.0. The molecule has 6 nitrogen and oxygen atoms in total. The Morgan fingerprint density at radius 3 is 2.70 bits per heavy atom. The second kappa shape index (κ2) is 6.59. The van der Waals surface area contributed by atoms with Crippen LogP contribution in [0.15, 0.2) is 24.3 Å². The molecule has 1 amide bonds. The van der Waals surface area contributed by atoms with Crippen LogP contribution in [0.2, 0.25) is 0 Å². The smallest absolute Gasteiger partial charge is 0.336 e. The third-order valence-corrected chi connectivity index (χ3v) is 5.00. The molecule has 144 valence electrons. The molecule has 2 aliphatic rings. The number of fused-ring (bicyclic) bond motifs is 2. The van der Waals surface area contributed by atoms with Gasteiger partial charge in [-0.05, 0) is 37.5 Å². The lowest BCUT2D eigenvalue weighted by molar-refractivity contribution is -0.143. The molecule has 0 aliphatic carbocycles. The minimum absolute atomic E-state index is 0.0778. The van der Waals surface area contributed by atoms with Gasteiger partial charge in [0, 0.05) is 25.2 Å². The fraction of sp³-hybridized carbons (Fsp3) is 0.471. The molecule has 2 fully saturated rings. The van der Waals surface area contributed by atoms with Crippen molar-refractivity contribution in [1.29, 1.82) is 0 Å². The van der Waals surface area contributed by atoms with Gasteiger partial charge in [0.05, 0.1) is 5.69 Å². The number of amides is 1. The van der Waals surface area contributed by atoms with Crippen molar-refractivity contribution in [1.82, 2.24) is 25.2 Å². The Labute approximate surface area is 152 Å². The summed E-state index contributed by atoms with van der Waals surface area (Å²) in [5, 5.41) is 10.4. The molecule has 2 bridgehead atoms. The third-order valence-electron chi connectivity index (χ3n) is 5.00. The van der Waals surface area contributed by atoms with Gasteiger partial charge in [0.15, 0.2) is 11.4 Å². The van der Waals surface area contributed by atoms with E-state index >= 15 is 0 Å². The molecular formula is C17H17F4N5O. The largest absolute Gasteiger partial charge is 0.435 e. The molecule has 2 aromatic rings. The fourth-order valence-corrected chi connectivity index (χ4v) is 3.75. The summed E-state index contributed by atoms with van der Waals surface area (Å²) in [6.07, 6.45) is -2.29. The van der Waals surface area contributed by atoms with Crippen molar-refractivity contribution in [3.63, 3.8) is 0 Å². The summed E-state index contributed by atoms with van der Waals surface area (Å²) >= 11 is 0. The van der Waals surface area contributed by atoms with Crippen LogP contribution in [0.1, 0.15) is 35.4 Å². The summed E-state index contributed by atoms with van der Waals surface area (Å²) in [6, 6.07) is 4.93. The van der Waals surface area contributed by atoms with Gasteiger partial charge in [0.1, 0.15) is 5.82 Å². The van der Waals surface area contributed by atoms with E-state index in [0.29, 0.717) is 24.2 Å². The van der Waals surface area contributed by atoms with Crippen LogP contribution in [0, 0.1) is 5.82 Å². The van der Waals surface area contributed by atoms with Gasteiger partial charge in [-0.25, -0.2) is 9.07 Å². The van der Waals surface area contributed by atoms with Crippen molar-refractivity contribution in [3.8, 4) is 5.69 Å². The average molecular weight is 383 g/mol. The zero-order valence-electron chi connectivity index (χ0n) is 14.2. The summed E-state index contributed by atoms with van der Waals surface area (Å²) in [4.78, 5) is 14.2. The van der Waals surface area contributed by atoms with Crippen LogP contribution in [0.25, 0.3) is 5.69 Å².